The third-order valence-corrected chi connectivity index (χ3v) is 5.72. The zero-order valence-corrected chi connectivity index (χ0v) is 15.6. The minimum atomic E-state index is -3.16. The Morgan fingerprint density at radius 2 is 2.12 bits per heavy atom. The second-order valence-electron chi connectivity index (χ2n) is 6.20. The molecule has 1 N–H and O–H groups in total. The molecule has 11 heteroatoms. The molecule has 2 aromatic rings. The SMILES string of the molecule is CCn1nccc1C(=O)NCc1nc(C2CCN(S(C)(=O)=O)CC2)no1. The van der Waals surface area contributed by atoms with E-state index in [2.05, 4.69) is 20.6 Å². The highest BCUT2D eigenvalue weighted by molar-refractivity contribution is 7.88. The fourth-order valence-electron chi connectivity index (χ4n) is 2.98. The summed E-state index contributed by atoms with van der Waals surface area (Å²) in [5.74, 6) is 0.677. The van der Waals surface area contributed by atoms with Gasteiger partial charge in [-0.3, -0.25) is 9.48 Å². The van der Waals surface area contributed by atoms with Crippen LogP contribution in [-0.2, 0) is 23.1 Å². The molecule has 0 aromatic carbocycles. The van der Waals surface area contributed by atoms with E-state index < -0.39 is 10.0 Å². The number of amides is 1. The number of carbonyl (C=O) groups is 1. The molecule has 3 heterocycles. The van der Waals surface area contributed by atoms with Crippen LogP contribution in [-0.4, -0.2) is 57.9 Å². The van der Waals surface area contributed by atoms with Crippen LogP contribution in [0.1, 0.15) is 47.9 Å². The van der Waals surface area contributed by atoms with Crippen molar-refractivity contribution in [3.8, 4) is 0 Å². The zero-order chi connectivity index (χ0) is 18.7. The van der Waals surface area contributed by atoms with Crippen molar-refractivity contribution in [2.45, 2.75) is 38.8 Å². The van der Waals surface area contributed by atoms with Crippen LogP contribution in [0.2, 0.25) is 0 Å². The van der Waals surface area contributed by atoms with Crippen molar-refractivity contribution >= 4 is 15.9 Å². The molecule has 1 fully saturated rings. The molecule has 1 amide bonds. The summed E-state index contributed by atoms with van der Waals surface area (Å²) in [5, 5.41) is 10.8. The molecule has 2 aromatic heterocycles. The Kier molecular flexibility index (Phi) is 5.37. The fourth-order valence-corrected chi connectivity index (χ4v) is 3.85. The molecule has 0 radical (unpaired) electrons. The molecule has 0 atom stereocenters. The van der Waals surface area contributed by atoms with Crippen molar-refractivity contribution in [1.29, 1.82) is 0 Å². The number of carbonyl (C=O) groups excluding carboxylic acids is 1. The summed E-state index contributed by atoms with van der Waals surface area (Å²) in [6.07, 6.45) is 4.08. The highest BCUT2D eigenvalue weighted by atomic mass is 32.2. The van der Waals surface area contributed by atoms with Gasteiger partial charge >= 0.3 is 0 Å². The Bertz CT molecular complexity index is 866. The molecular weight excluding hydrogens is 360 g/mol. The van der Waals surface area contributed by atoms with Gasteiger partial charge in [-0.2, -0.15) is 10.1 Å². The topological polar surface area (TPSA) is 123 Å². The van der Waals surface area contributed by atoms with Crippen LogP contribution in [0, 0.1) is 0 Å². The number of nitrogens with one attached hydrogen (secondary N) is 1. The molecule has 26 heavy (non-hydrogen) atoms. The number of aromatic nitrogens is 4. The molecule has 0 saturated carbocycles. The molecule has 142 valence electrons. The highest BCUT2D eigenvalue weighted by Crippen LogP contribution is 2.26. The second kappa shape index (κ2) is 7.54. The van der Waals surface area contributed by atoms with Crippen molar-refractivity contribution in [3.05, 3.63) is 29.7 Å². The number of sulfonamides is 1. The maximum absolute atomic E-state index is 12.2. The molecule has 1 aliphatic rings. The Hall–Kier alpha value is -2.27. The maximum Gasteiger partial charge on any atom is 0.269 e. The Morgan fingerprint density at radius 1 is 1.38 bits per heavy atom. The van der Waals surface area contributed by atoms with Crippen LogP contribution in [0.3, 0.4) is 0 Å². The standard InChI is InChI=1S/C15H22N6O4S/c1-3-21-12(4-7-17-21)15(22)16-10-13-18-14(19-25-13)11-5-8-20(9-6-11)26(2,23)24/h4,7,11H,3,5-6,8-10H2,1-2H3,(H,16,22). The molecule has 1 aliphatic heterocycles. The van der Waals surface area contributed by atoms with E-state index in [1.165, 1.54) is 10.6 Å². The summed E-state index contributed by atoms with van der Waals surface area (Å²) in [5.41, 5.74) is 0.473. The lowest BCUT2D eigenvalue weighted by Gasteiger charge is -2.28. The Balaban J connectivity index is 1.55. The predicted molar refractivity (Wildman–Crippen MR) is 91.8 cm³/mol. The lowest BCUT2D eigenvalue weighted by Crippen LogP contribution is -2.37. The predicted octanol–water partition coefficient (Wildman–Crippen LogP) is 0.355. The van der Waals surface area contributed by atoms with Crippen molar-refractivity contribution in [2.75, 3.05) is 19.3 Å². The van der Waals surface area contributed by atoms with Gasteiger partial charge in [0.15, 0.2) is 5.82 Å². The molecule has 0 aliphatic carbocycles. The Morgan fingerprint density at radius 3 is 2.77 bits per heavy atom. The van der Waals surface area contributed by atoms with Gasteiger partial charge in [-0.15, -0.1) is 0 Å². The fraction of sp³-hybridized carbons (Fsp3) is 0.600. The van der Waals surface area contributed by atoms with Gasteiger partial charge in [0.1, 0.15) is 5.69 Å². The summed E-state index contributed by atoms with van der Waals surface area (Å²) >= 11 is 0. The van der Waals surface area contributed by atoms with E-state index in [-0.39, 0.29) is 18.4 Å². The summed E-state index contributed by atoms with van der Waals surface area (Å²) in [4.78, 5) is 16.5. The second-order valence-corrected chi connectivity index (χ2v) is 8.18. The van der Waals surface area contributed by atoms with Crippen LogP contribution >= 0.6 is 0 Å². The van der Waals surface area contributed by atoms with E-state index >= 15 is 0 Å². The molecule has 0 bridgehead atoms. The summed E-state index contributed by atoms with van der Waals surface area (Å²) in [6.45, 7) is 3.54. The van der Waals surface area contributed by atoms with Gasteiger partial charge in [0.05, 0.1) is 12.8 Å². The zero-order valence-electron chi connectivity index (χ0n) is 14.8. The maximum atomic E-state index is 12.2. The summed E-state index contributed by atoms with van der Waals surface area (Å²) < 4.78 is 31.4. The first-order chi connectivity index (χ1) is 12.4. The van der Waals surface area contributed by atoms with Gasteiger partial charge in [-0.25, -0.2) is 12.7 Å². The largest absolute Gasteiger partial charge is 0.342 e. The molecule has 1 saturated heterocycles. The van der Waals surface area contributed by atoms with E-state index in [1.807, 2.05) is 6.92 Å². The van der Waals surface area contributed by atoms with Gasteiger partial charge < -0.3 is 9.84 Å². The van der Waals surface area contributed by atoms with Crippen LogP contribution in [0.25, 0.3) is 0 Å². The van der Waals surface area contributed by atoms with Crippen LogP contribution in [0.4, 0.5) is 0 Å². The number of aryl methyl sites for hydroxylation is 1. The van der Waals surface area contributed by atoms with Crippen LogP contribution in [0.5, 0.6) is 0 Å². The number of rotatable bonds is 6. The molecule has 0 spiro atoms. The third-order valence-electron chi connectivity index (χ3n) is 4.42. The van der Waals surface area contributed by atoms with Gasteiger partial charge in [0.2, 0.25) is 15.9 Å². The van der Waals surface area contributed by atoms with Crippen molar-refractivity contribution in [1.82, 2.24) is 29.5 Å². The molecule has 3 rings (SSSR count). The van der Waals surface area contributed by atoms with E-state index in [1.54, 1.807) is 16.9 Å². The first-order valence-electron chi connectivity index (χ1n) is 8.46. The number of hydrogen-bond donors (Lipinski definition) is 1. The van der Waals surface area contributed by atoms with Gasteiger partial charge in [0.25, 0.3) is 5.91 Å². The molecular formula is C15H22N6O4S. The lowest BCUT2D eigenvalue weighted by atomic mass is 9.98. The number of piperidine rings is 1. The monoisotopic (exact) mass is 382 g/mol. The van der Waals surface area contributed by atoms with E-state index in [0.29, 0.717) is 49.9 Å². The third kappa shape index (κ3) is 4.10. The van der Waals surface area contributed by atoms with Crippen molar-refractivity contribution in [2.24, 2.45) is 0 Å². The van der Waals surface area contributed by atoms with Gasteiger partial charge in [-0.05, 0) is 25.8 Å². The average molecular weight is 382 g/mol. The van der Waals surface area contributed by atoms with Crippen molar-refractivity contribution in [3.63, 3.8) is 0 Å². The molecule has 10 nitrogen and oxygen atoms in total. The average Bonchev–Trinajstić information content (AvgIpc) is 3.28. The van der Waals surface area contributed by atoms with Gasteiger partial charge in [-0.1, -0.05) is 5.16 Å². The van der Waals surface area contributed by atoms with E-state index in [0.717, 1.165) is 0 Å². The Labute approximate surface area is 151 Å². The lowest BCUT2D eigenvalue weighted by molar-refractivity contribution is 0.0935. The first kappa shape index (κ1) is 18.5. The molecule has 0 unspecified atom stereocenters. The van der Waals surface area contributed by atoms with E-state index in [4.69, 9.17) is 4.52 Å². The normalized spacial score (nSPS) is 16.7. The van der Waals surface area contributed by atoms with Crippen LogP contribution < -0.4 is 5.32 Å². The number of hydrogen-bond acceptors (Lipinski definition) is 7. The number of nitrogens with zero attached hydrogens (tertiary/aromatic N) is 5. The smallest absolute Gasteiger partial charge is 0.269 e. The highest BCUT2D eigenvalue weighted by Gasteiger charge is 2.28. The summed E-state index contributed by atoms with van der Waals surface area (Å²) in [7, 11) is -3.16. The van der Waals surface area contributed by atoms with E-state index in [9.17, 15) is 13.2 Å². The quantitative estimate of drug-likeness (QED) is 0.765. The van der Waals surface area contributed by atoms with Gasteiger partial charge in [0, 0.05) is 31.7 Å². The minimum absolute atomic E-state index is 0.0581. The first-order valence-corrected chi connectivity index (χ1v) is 10.3. The van der Waals surface area contributed by atoms with Crippen LogP contribution in [0.15, 0.2) is 16.8 Å². The van der Waals surface area contributed by atoms with Crippen molar-refractivity contribution < 1.29 is 17.7 Å². The summed E-state index contributed by atoms with van der Waals surface area (Å²) in [6, 6.07) is 1.65. The minimum Gasteiger partial charge on any atom is -0.342 e.